The van der Waals surface area contributed by atoms with Gasteiger partial charge in [-0.3, -0.25) is 9.59 Å². The number of esters is 1. The Hall–Kier alpha value is -2.59. The molecular weight excluding hydrogens is 314 g/mol. The number of hydrogen-bond acceptors (Lipinski definition) is 6. The molecule has 1 aromatic carbocycles. The predicted octanol–water partition coefficient (Wildman–Crippen LogP) is 2.57. The molecule has 0 aliphatic rings. The molecule has 0 unspecified atom stereocenters. The van der Waals surface area contributed by atoms with E-state index in [0.29, 0.717) is 22.2 Å². The quantitative estimate of drug-likeness (QED) is 0.402. The first-order chi connectivity index (χ1) is 10.9. The molecule has 0 fully saturated rings. The van der Waals surface area contributed by atoms with Crippen LogP contribution in [-0.4, -0.2) is 22.2 Å². The second-order valence-electron chi connectivity index (χ2n) is 4.94. The number of carbonyl (C=O) groups excluding carboxylic acids is 1. The van der Waals surface area contributed by atoms with Crippen molar-refractivity contribution in [1.29, 1.82) is 5.26 Å². The van der Waals surface area contributed by atoms with E-state index in [1.807, 2.05) is 6.07 Å². The Balaban J connectivity index is 2.69. The van der Waals surface area contributed by atoms with Gasteiger partial charge in [0.15, 0.2) is 5.16 Å². The van der Waals surface area contributed by atoms with E-state index in [0.717, 1.165) is 11.1 Å². The third kappa shape index (κ3) is 3.43. The fourth-order valence-corrected chi connectivity index (χ4v) is 2.63. The molecule has 0 aliphatic heterocycles. The van der Waals surface area contributed by atoms with Gasteiger partial charge in [0, 0.05) is 12.5 Å². The number of aryl methyl sites for hydroxylation is 2. The summed E-state index contributed by atoms with van der Waals surface area (Å²) in [5, 5.41) is 9.68. The summed E-state index contributed by atoms with van der Waals surface area (Å²) in [5.74, 6) is 0.0790. The second kappa shape index (κ2) is 6.67. The zero-order valence-corrected chi connectivity index (χ0v) is 14.0. The Kier molecular flexibility index (Phi) is 4.86. The maximum Gasteiger partial charge on any atom is 0.308 e. The molecule has 7 heteroatoms. The van der Waals surface area contributed by atoms with Gasteiger partial charge in [-0.2, -0.15) is 5.26 Å². The molecule has 2 rings (SSSR count). The molecule has 0 aliphatic carbocycles. The monoisotopic (exact) mass is 329 g/mol. The van der Waals surface area contributed by atoms with Crippen molar-refractivity contribution in [2.24, 2.45) is 0 Å². The number of ether oxygens (including phenoxy) is 1. The number of nitrogens with one attached hydrogen (secondary N) is 1. The van der Waals surface area contributed by atoms with Gasteiger partial charge in [0.25, 0.3) is 5.56 Å². The summed E-state index contributed by atoms with van der Waals surface area (Å²) in [6.45, 7) is 4.93. The topological polar surface area (TPSA) is 95.8 Å². The van der Waals surface area contributed by atoms with Gasteiger partial charge in [-0.05, 0) is 43.4 Å². The van der Waals surface area contributed by atoms with Crippen LogP contribution in [0.15, 0.2) is 22.1 Å². The lowest BCUT2D eigenvalue weighted by Crippen LogP contribution is -2.14. The van der Waals surface area contributed by atoms with Crippen LogP contribution in [0.3, 0.4) is 0 Å². The van der Waals surface area contributed by atoms with Crippen LogP contribution in [0.25, 0.3) is 11.3 Å². The lowest BCUT2D eigenvalue weighted by atomic mass is 10.0. The Morgan fingerprint density at radius 1 is 1.35 bits per heavy atom. The summed E-state index contributed by atoms with van der Waals surface area (Å²) in [6, 6.07) is 5.39. The number of rotatable bonds is 3. The fourth-order valence-electron chi connectivity index (χ4n) is 2.25. The molecule has 1 N–H and O–H groups in total. The smallest absolute Gasteiger partial charge is 0.308 e. The summed E-state index contributed by atoms with van der Waals surface area (Å²) >= 11 is 1.29. The van der Waals surface area contributed by atoms with Crippen molar-refractivity contribution in [3.63, 3.8) is 0 Å². The van der Waals surface area contributed by atoms with Crippen molar-refractivity contribution in [3.05, 3.63) is 39.2 Å². The van der Waals surface area contributed by atoms with E-state index in [2.05, 4.69) is 9.97 Å². The third-order valence-corrected chi connectivity index (χ3v) is 3.76. The number of nitrogens with zero attached hydrogens (tertiary/aromatic N) is 2. The van der Waals surface area contributed by atoms with Crippen LogP contribution in [-0.2, 0) is 4.79 Å². The van der Waals surface area contributed by atoms with Crippen LogP contribution in [0, 0.1) is 25.2 Å². The maximum absolute atomic E-state index is 12.0. The SMILES string of the molecule is CSc1nc(-c2cc(C)c(OC(C)=O)c(C)c2)c(C#N)c(=O)[nH]1. The summed E-state index contributed by atoms with van der Waals surface area (Å²) in [4.78, 5) is 30.1. The zero-order chi connectivity index (χ0) is 17.1. The number of nitriles is 1. The van der Waals surface area contributed by atoms with Crippen LogP contribution in [0.1, 0.15) is 23.6 Å². The molecule has 6 nitrogen and oxygen atoms in total. The molecule has 0 spiro atoms. The van der Waals surface area contributed by atoms with E-state index in [1.165, 1.54) is 18.7 Å². The minimum absolute atomic E-state index is 0.0400. The molecule has 1 aromatic heterocycles. The number of aromatic nitrogens is 2. The number of thioether (sulfide) groups is 1. The molecule has 1 heterocycles. The van der Waals surface area contributed by atoms with Crippen molar-refractivity contribution in [1.82, 2.24) is 9.97 Å². The first kappa shape index (κ1) is 16.8. The largest absolute Gasteiger partial charge is 0.426 e. The Labute approximate surface area is 137 Å². The van der Waals surface area contributed by atoms with Crippen LogP contribution < -0.4 is 10.3 Å². The summed E-state index contributed by atoms with van der Waals surface area (Å²) < 4.78 is 5.20. The van der Waals surface area contributed by atoms with Gasteiger partial charge in [-0.15, -0.1) is 0 Å². The van der Waals surface area contributed by atoms with Gasteiger partial charge in [0.1, 0.15) is 17.4 Å². The van der Waals surface area contributed by atoms with E-state index in [4.69, 9.17) is 4.74 Å². The van der Waals surface area contributed by atoms with Crippen LogP contribution in [0.5, 0.6) is 5.75 Å². The molecule has 0 saturated heterocycles. The molecule has 23 heavy (non-hydrogen) atoms. The molecule has 2 aromatic rings. The Bertz CT molecular complexity index is 858. The number of benzene rings is 1. The molecule has 0 bridgehead atoms. The highest BCUT2D eigenvalue weighted by Crippen LogP contribution is 2.30. The second-order valence-corrected chi connectivity index (χ2v) is 5.74. The van der Waals surface area contributed by atoms with Gasteiger partial charge in [0.05, 0.1) is 5.69 Å². The average Bonchev–Trinajstić information content (AvgIpc) is 2.49. The fraction of sp³-hybridized carbons (Fsp3) is 0.250. The van der Waals surface area contributed by atoms with E-state index >= 15 is 0 Å². The van der Waals surface area contributed by atoms with Gasteiger partial charge < -0.3 is 9.72 Å². The molecule has 0 radical (unpaired) electrons. The van der Waals surface area contributed by atoms with Crippen molar-refractivity contribution in [2.45, 2.75) is 25.9 Å². The zero-order valence-electron chi connectivity index (χ0n) is 13.2. The normalized spacial score (nSPS) is 10.2. The molecule has 0 saturated carbocycles. The Morgan fingerprint density at radius 3 is 2.43 bits per heavy atom. The summed E-state index contributed by atoms with van der Waals surface area (Å²) in [7, 11) is 0. The van der Waals surface area contributed by atoms with Gasteiger partial charge in [-0.25, -0.2) is 4.98 Å². The molecule has 0 atom stereocenters. The highest BCUT2D eigenvalue weighted by atomic mass is 32.2. The first-order valence-corrected chi connectivity index (χ1v) is 7.98. The van der Waals surface area contributed by atoms with Gasteiger partial charge in [0.2, 0.25) is 0 Å². The van der Waals surface area contributed by atoms with Crippen molar-refractivity contribution in [2.75, 3.05) is 6.26 Å². The summed E-state index contributed by atoms with van der Waals surface area (Å²) in [6.07, 6.45) is 1.79. The summed E-state index contributed by atoms with van der Waals surface area (Å²) in [5.41, 5.74) is 1.90. The van der Waals surface area contributed by atoms with Gasteiger partial charge >= 0.3 is 5.97 Å². The molecule has 0 amide bonds. The lowest BCUT2D eigenvalue weighted by molar-refractivity contribution is -0.131. The third-order valence-electron chi connectivity index (χ3n) is 3.18. The predicted molar refractivity (Wildman–Crippen MR) is 87.6 cm³/mol. The number of carbonyl (C=O) groups is 1. The van der Waals surface area contributed by atoms with E-state index in [-0.39, 0.29) is 5.56 Å². The minimum atomic E-state index is -0.471. The van der Waals surface area contributed by atoms with E-state index in [9.17, 15) is 14.9 Å². The van der Waals surface area contributed by atoms with E-state index < -0.39 is 11.5 Å². The van der Waals surface area contributed by atoms with Crippen LogP contribution in [0.2, 0.25) is 0 Å². The standard InChI is InChI=1S/C16H15N3O3S/c1-8-5-11(6-9(2)14(8)22-10(3)20)13-12(7-17)15(21)19-16(18-13)23-4/h5-6H,1-4H3,(H,18,19,21). The van der Waals surface area contributed by atoms with Crippen molar-refractivity contribution < 1.29 is 9.53 Å². The number of aromatic amines is 1. The van der Waals surface area contributed by atoms with Crippen molar-refractivity contribution >= 4 is 17.7 Å². The Morgan fingerprint density at radius 2 is 1.96 bits per heavy atom. The number of hydrogen-bond donors (Lipinski definition) is 1. The lowest BCUT2D eigenvalue weighted by Gasteiger charge is -2.12. The van der Waals surface area contributed by atoms with Crippen LogP contribution >= 0.6 is 11.8 Å². The number of H-pyrrole nitrogens is 1. The van der Waals surface area contributed by atoms with Crippen LogP contribution in [0.4, 0.5) is 0 Å². The molecule has 118 valence electrons. The van der Waals surface area contributed by atoms with Crippen molar-refractivity contribution in [3.8, 4) is 23.1 Å². The first-order valence-electron chi connectivity index (χ1n) is 6.75. The highest BCUT2D eigenvalue weighted by Gasteiger charge is 2.16. The highest BCUT2D eigenvalue weighted by molar-refractivity contribution is 7.98. The maximum atomic E-state index is 12.0. The minimum Gasteiger partial charge on any atom is -0.426 e. The average molecular weight is 329 g/mol. The van der Waals surface area contributed by atoms with E-state index in [1.54, 1.807) is 32.2 Å². The van der Waals surface area contributed by atoms with Gasteiger partial charge in [-0.1, -0.05) is 11.8 Å². The molecular formula is C16H15N3O3S.